The molecule has 1 aromatic carbocycles. The molecule has 0 fully saturated rings. The van der Waals surface area contributed by atoms with Gasteiger partial charge in [-0.3, -0.25) is 0 Å². The topological polar surface area (TPSA) is 34.1 Å². The predicted octanol–water partition coefficient (Wildman–Crippen LogP) is 3.93. The molecule has 0 saturated carbocycles. The quantitative estimate of drug-likeness (QED) is 0.866. The van der Waals surface area contributed by atoms with Crippen LogP contribution >= 0.6 is 0 Å². The van der Waals surface area contributed by atoms with Gasteiger partial charge in [-0.1, -0.05) is 13.0 Å². The van der Waals surface area contributed by atoms with E-state index in [2.05, 4.69) is 17.2 Å². The molecular formula is C16H19FN2O. The Morgan fingerprint density at radius 2 is 2.10 bits per heavy atom. The smallest absolute Gasteiger partial charge is 0.129 e. The van der Waals surface area contributed by atoms with Crippen LogP contribution in [0.1, 0.15) is 24.5 Å². The van der Waals surface area contributed by atoms with Crippen molar-refractivity contribution in [3.63, 3.8) is 0 Å². The zero-order chi connectivity index (χ0) is 14.4. The van der Waals surface area contributed by atoms with Crippen LogP contribution in [-0.2, 0) is 6.61 Å². The Bertz CT molecular complexity index is 572. The van der Waals surface area contributed by atoms with Crippen LogP contribution in [0, 0.1) is 12.7 Å². The Kier molecular flexibility index (Phi) is 4.93. The highest BCUT2D eigenvalue weighted by atomic mass is 19.1. The molecule has 0 radical (unpaired) electrons. The number of anilines is 1. The monoisotopic (exact) mass is 274 g/mol. The maximum atomic E-state index is 13.4. The van der Waals surface area contributed by atoms with E-state index >= 15 is 0 Å². The van der Waals surface area contributed by atoms with Gasteiger partial charge in [-0.05, 0) is 42.7 Å². The lowest BCUT2D eigenvalue weighted by Crippen LogP contribution is -2.03. The van der Waals surface area contributed by atoms with Crippen LogP contribution in [0.2, 0.25) is 0 Å². The summed E-state index contributed by atoms with van der Waals surface area (Å²) in [4.78, 5) is 4.23. The first-order chi connectivity index (χ1) is 9.69. The molecule has 106 valence electrons. The molecule has 20 heavy (non-hydrogen) atoms. The molecule has 0 unspecified atom stereocenters. The number of hydrogen-bond donors (Lipinski definition) is 1. The fourth-order valence-corrected chi connectivity index (χ4v) is 1.74. The van der Waals surface area contributed by atoms with Gasteiger partial charge in [-0.15, -0.1) is 0 Å². The summed E-state index contributed by atoms with van der Waals surface area (Å²) in [5.74, 6) is 1.12. The number of halogens is 1. The lowest BCUT2D eigenvalue weighted by molar-refractivity contribution is 0.304. The molecular weight excluding hydrogens is 255 g/mol. The van der Waals surface area contributed by atoms with Crippen molar-refractivity contribution in [3.05, 3.63) is 53.5 Å². The Morgan fingerprint density at radius 1 is 1.25 bits per heavy atom. The first-order valence-corrected chi connectivity index (χ1v) is 6.77. The molecule has 1 heterocycles. The fourth-order valence-electron chi connectivity index (χ4n) is 1.74. The summed E-state index contributed by atoms with van der Waals surface area (Å²) in [6, 6.07) is 8.73. The molecule has 1 N–H and O–H groups in total. The summed E-state index contributed by atoms with van der Waals surface area (Å²) in [7, 11) is 0. The minimum atomic E-state index is -0.248. The van der Waals surface area contributed by atoms with Crippen LogP contribution in [0.5, 0.6) is 5.75 Å². The van der Waals surface area contributed by atoms with Crippen molar-refractivity contribution in [3.8, 4) is 5.75 Å². The molecule has 0 aliphatic carbocycles. The van der Waals surface area contributed by atoms with Crippen molar-refractivity contribution in [2.45, 2.75) is 26.9 Å². The van der Waals surface area contributed by atoms with E-state index in [9.17, 15) is 4.39 Å². The van der Waals surface area contributed by atoms with Crippen molar-refractivity contribution in [2.75, 3.05) is 11.9 Å². The normalized spacial score (nSPS) is 10.3. The molecule has 4 heteroatoms. The van der Waals surface area contributed by atoms with Crippen molar-refractivity contribution < 1.29 is 9.13 Å². The average molecular weight is 274 g/mol. The van der Waals surface area contributed by atoms with Crippen molar-refractivity contribution in [1.29, 1.82) is 0 Å². The standard InChI is InChI=1S/C16H19FN2O/c1-3-7-18-16-9-13(6-8-19-16)11-20-14-5-4-12(2)15(17)10-14/h4-6,8-10H,3,7,11H2,1-2H3,(H,18,19). The number of aromatic nitrogens is 1. The number of benzene rings is 1. The van der Waals surface area contributed by atoms with Gasteiger partial charge in [0.15, 0.2) is 0 Å². The maximum Gasteiger partial charge on any atom is 0.129 e. The second-order valence-corrected chi connectivity index (χ2v) is 4.68. The maximum absolute atomic E-state index is 13.4. The summed E-state index contributed by atoms with van der Waals surface area (Å²) in [5.41, 5.74) is 1.62. The molecule has 0 aliphatic heterocycles. The summed E-state index contributed by atoms with van der Waals surface area (Å²) >= 11 is 0. The minimum Gasteiger partial charge on any atom is -0.489 e. The minimum absolute atomic E-state index is 0.248. The number of ether oxygens (including phenoxy) is 1. The van der Waals surface area contributed by atoms with E-state index < -0.39 is 0 Å². The number of pyridine rings is 1. The first-order valence-electron chi connectivity index (χ1n) is 6.77. The van der Waals surface area contributed by atoms with E-state index in [0.29, 0.717) is 17.9 Å². The van der Waals surface area contributed by atoms with E-state index in [0.717, 1.165) is 24.3 Å². The Labute approximate surface area is 118 Å². The number of aryl methyl sites for hydroxylation is 1. The van der Waals surface area contributed by atoms with Crippen molar-refractivity contribution >= 4 is 5.82 Å². The SMILES string of the molecule is CCCNc1cc(COc2ccc(C)c(F)c2)ccn1. The molecule has 1 aromatic heterocycles. The highest BCUT2D eigenvalue weighted by Gasteiger charge is 2.02. The van der Waals surface area contributed by atoms with Gasteiger partial charge in [0.25, 0.3) is 0 Å². The van der Waals surface area contributed by atoms with Crippen LogP contribution in [0.15, 0.2) is 36.5 Å². The Morgan fingerprint density at radius 3 is 2.85 bits per heavy atom. The van der Waals surface area contributed by atoms with E-state index in [4.69, 9.17) is 4.74 Å². The number of nitrogens with zero attached hydrogens (tertiary/aromatic N) is 1. The summed E-state index contributed by atoms with van der Waals surface area (Å²) in [6.07, 6.45) is 2.79. The lowest BCUT2D eigenvalue weighted by Gasteiger charge is -2.09. The van der Waals surface area contributed by atoms with Gasteiger partial charge in [-0.25, -0.2) is 9.37 Å². The number of rotatable bonds is 6. The average Bonchev–Trinajstić information content (AvgIpc) is 2.47. The van der Waals surface area contributed by atoms with E-state index in [-0.39, 0.29) is 5.82 Å². The molecule has 2 rings (SSSR count). The zero-order valence-corrected chi connectivity index (χ0v) is 11.8. The van der Waals surface area contributed by atoms with Crippen molar-refractivity contribution in [1.82, 2.24) is 4.98 Å². The summed E-state index contributed by atoms with van der Waals surface area (Å²) in [6.45, 7) is 5.12. The molecule has 0 bridgehead atoms. The molecule has 3 nitrogen and oxygen atoms in total. The lowest BCUT2D eigenvalue weighted by atomic mass is 10.2. The zero-order valence-electron chi connectivity index (χ0n) is 11.8. The predicted molar refractivity (Wildman–Crippen MR) is 78.5 cm³/mol. The molecule has 0 atom stereocenters. The van der Waals surface area contributed by atoms with Crippen LogP contribution in [0.4, 0.5) is 10.2 Å². The Balaban J connectivity index is 1.97. The number of hydrogen-bond acceptors (Lipinski definition) is 3. The molecule has 0 spiro atoms. The van der Waals surface area contributed by atoms with Gasteiger partial charge in [0.1, 0.15) is 24.0 Å². The van der Waals surface area contributed by atoms with E-state index in [1.807, 2.05) is 12.1 Å². The summed E-state index contributed by atoms with van der Waals surface area (Å²) < 4.78 is 19.0. The third-order valence-electron chi connectivity index (χ3n) is 2.93. The van der Waals surface area contributed by atoms with Crippen molar-refractivity contribution in [2.24, 2.45) is 0 Å². The molecule has 0 aliphatic rings. The van der Waals surface area contributed by atoms with Gasteiger partial charge in [0, 0.05) is 18.8 Å². The molecule has 2 aromatic rings. The molecule has 0 saturated heterocycles. The number of nitrogens with one attached hydrogen (secondary N) is 1. The highest BCUT2D eigenvalue weighted by molar-refractivity contribution is 5.37. The van der Waals surface area contributed by atoms with Crippen LogP contribution < -0.4 is 10.1 Å². The van der Waals surface area contributed by atoms with Gasteiger partial charge < -0.3 is 10.1 Å². The van der Waals surface area contributed by atoms with Crippen LogP contribution in [0.3, 0.4) is 0 Å². The third-order valence-corrected chi connectivity index (χ3v) is 2.93. The molecule has 0 amide bonds. The highest BCUT2D eigenvalue weighted by Crippen LogP contribution is 2.17. The van der Waals surface area contributed by atoms with Gasteiger partial charge in [0.2, 0.25) is 0 Å². The third kappa shape index (κ3) is 3.95. The largest absolute Gasteiger partial charge is 0.489 e. The van der Waals surface area contributed by atoms with E-state index in [1.54, 1.807) is 25.3 Å². The van der Waals surface area contributed by atoms with Crippen LogP contribution in [0.25, 0.3) is 0 Å². The van der Waals surface area contributed by atoms with Gasteiger partial charge in [-0.2, -0.15) is 0 Å². The first kappa shape index (κ1) is 14.3. The second-order valence-electron chi connectivity index (χ2n) is 4.68. The van der Waals surface area contributed by atoms with Gasteiger partial charge >= 0.3 is 0 Å². The summed E-state index contributed by atoms with van der Waals surface area (Å²) in [5, 5.41) is 3.22. The Hall–Kier alpha value is -2.10. The fraction of sp³-hybridized carbons (Fsp3) is 0.312. The second kappa shape index (κ2) is 6.89. The van der Waals surface area contributed by atoms with Gasteiger partial charge in [0.05, 0.1) is 0 Å². The van der Waals surface area contributed by atoms with E-state index in [1.165, 1.54) is 6.07 Å². The van der Waals surface area contributed by atoms with Crippen LogP contribution in [-0.4, -0.2) is 11.5 Å².